The molecule has 1 aliphatic heterocycles. The lowest BCUT2D eigenvalue weighted by molar-refractivity contribution is -0.127. The van der Waals surface area contributed by atoms with E-state index >= 15 is 0 Å². The first-order valence-corrected chi connectivity index (χ1v) is 11.8. The van der Waals surface area contributed by atoms with Crippen molar-refractivity contribution in [2.24, 2.45) is 5.92 Å². The summed E-state index contributed by atoms with van der Waals surface area (Å²) < 4.78 is 5.44. The van der Waals surface area contributed by atoms with Crippen LogP contribution in [0.2, 0.25) is 0 Å². The fourth-order valence-electron chi connectivity index (χ4n) is 4.21. The molecule has 1 amide bonds. The number of carbonyl (C=O) groups excluding carboxylic acids is 1. The molecule has 2 heterocycles. The van der Waals surface area contributed by atoms with Gasteiger partial charge in [-0.3, -0.25) is 9.69 Å². The Hall–Kier alpha value is -2.71. The Bertz CT molecular complexity index is 938. The van der Waals surface area contributed by atoms with Crippen molar-refractivity contribution in [1.29, 1.82) is 0 Å². The molecule has 0 atom stereocenters. The average molecular weight is 437 g/mol. The molecule has 2 aromatic rings. The molecule has 0 bridgehead atoms. The Morgan fingerprint density at radius 3 is 2.75 bits per heavy atom. The van der Waals surface area contributed by atoms with Gasteiger partial charge in [-0.05, 0) is 49.3 Å². The van der Waals surface area contributed by atoms with Gasteiger partial charge in [0, 0.05) is 43.0 Å². The summed E-state index contributed by atoms with van der Waals surface area (Å²) in [5, 5.41) is 9.66. The molecule has 1 aromatic carbocycles. The number of ether oxygens (including phenoxy) is 1. The summed E-state index contributed by atoms with van der Waals surface area (Å²) in [5.74, 6) is 2.22. The van der Waals surface area contributed by atoms with Crippen LogP contribution < -0.4 is 16.0 Å². The second-order valence-corrected chi connectivity index (χ2v) is 9.01. The van der Waals surface area contributed by atoms with E-state index in [1.807, 2.05) is 12.3 Å². The molecule has 2 saturated carbocycles. The Kier molecular flexibility index (Phi) is 6.50. The molecule has 8 heteroatoms. The smallest absolute Gasteiger partial charge is 0.229 e. The summed E-state index contributed by atoms with van der Waals surface area (Å²) in [6.07, 6.45) is 7.43. The van der Waals surface area contributed by atoms with E-state index in [2.05, 4.69) is 44.0 Å². The summed E-state index contributed by atoms with van der Waals surface area (Å²) >= 11 is 0. The van der Waals surface area contributed by atoms with Crippen molar-refractivity contribution in [3.63, 3.8) is 0 Å². The molecule has 2 aliphatic carbocycles. The molecule has 1 aromatic heterocycles. The standard InChI is InChI=1S/C24H32N6O2/c31-23(19-4-2-5-19)27-16-26-22-21(18-7-8-18)14-25-24(29-22)28-20-6-1-3-17(13-20)15-30-9-11-32-12-10-30/h1,3,6,13-14,18-19H,2,4-5,7-12,15-16H2,(H,27,31)(H2,25,26,28,29). The molecular formula is C24H32N6O2. The molecule has 32 heavy (non-hydrogen) atoms. The second kappa shape index (κ2) is 9.83. The third-order valence-electron chi connectivity index (χ3n) is 6.52. The largest absolute Gasteiger partial charge is 0.379 e. The highest BCUT2D eigenvalue weighted by atomic mass is 16.5. The maximum absolute atomic E-state index is 12.1. The predicted molar refractivity (Wildman–Crippen MR) is 124 cm³/mol. The van der Waals surface area contributed by atoms with Crippen LogP contribution in [-0.2, 0) is 16.1 Å². The number of hydrogen-bond acceptors (Lipinski definition) is 7. The maximum Gasteiger partial charge on any atom is 0.229 e. The minimum Gasteiger partial charge on any atom is -0.379 e. The molecule has 0 spiro atoms. The van der Waals surface area contributed by atoms with E-state index in [-0.39, 0.29) is 11.8 Å². The number of carbonyl (C=O) groups is 1. The van der Waals surface area contributed by atoms with Crippen molar-refractivity contribution < 1.29 is 9.53 Å². The van der Waals surface area contributed by atoms with Crippen molar-refractivity contribution in [2.75, 3.05) is 43.6 Å². The van der Waals surface area contributed by atoms with Gasteiger partial charge in [0.05, 0.1) is 19.9 Å². The number of hydrogen-bond donors (Lipinski definition) is 3. The van der Waals surface area contributed by atoms with Gasteiger partial charge in [0.25, 0.3) is 0 Å². The highest BCUT2D eigenvalue weighted by Gasteiger charge is 2.28. The summed E-state index contributed by atoms with van der Waals surface area (Å²) in [4.78, 5) is 23.8. The number of amides is 1. The third kappa shape index (κ3) is 5.37. The number of benzene rings is 1. The summed E-state index contributed by atoms with van der Waals surface area (Å²) in [6, 6.07) is 8.40. The predicted octanol–water partition coefficient (Wildman–Crippen LogP) is 3.22. The van der Waals surface area contributed by atoms with Crippen molar-refractivity contribution >= 4 is 23.4 Å². The van der Waals surface area contributed by atoms with Crippen LogP contribution in [0.15, 0.2) is 30.5 Å². The van der Waals surface area contributed by atoms with Crippen molar-refractivity contribution in [3.8, 4) is 0 Å². The molecule has 3 fully saturated rings. The molecular weight excluding hydrogens is 404 g/mol. The van der Waals surface area contributed by atoms with Gasteiger partial charge in [0.2, 0.25) is 11.9 Å². The highest BCUT2D eigenvalue weighted by molar-refractivity contribution is 5.79. The van der Waals surface area contributed by atoms with Crippen molar-refractivity contribution in [1.82, 2.24) is 20.2 Å². The monoisotopic (exact) mass is 436 g/mol. The average Bonchev–Trinajstić information content (AvgIpc) is 3.59. The van der Waals surface area contributed by atoms with Gasteiger partial charge in [0.1, 0.15) is 5.82 Å². The minimum atomic E-state index is 0.140. The molecule has 1 saturated heterocycles. The van der Waals surface area contributed by atoms with E-state index in [0.29, 0.717) is 18.5 Å². The fourth-order valence-corrected chi connectivity index (χ4v) is 4.21. The Labute approximate surface area is 189 Å². The third-order valence-corrected chi connectivity index (χ3v) is 6.52. The van der Waals surface area contributed by atoms with Crippen LogP contribution in [0.5, 0.6) is 0 Å². The van der Waals surface area contributed by atoms with E-state index in [1.165, 1.54) is 18.4 Å². The van der Waals surface area contributed by atoms with Crippen LogP contribution in [-0.4, -0.2) is 53.7 Å². The van der Waals surface area contributed by atoms with Crippen LogP contribution in [0, 0.1) is 5.92 Å². The summed E-state index contributed by atoms with van der Waals surface area (Å²) in [6.45, 7) is 4.84. The zero-order chi connectivity index (χ0) is 21.8. The fraction of sp³-hybridized carbons (Fsp3) is 0.542. The normalized spacial score (nSPS) is 19.2. The van der Waals surface area contributed by atoms with Crippen molar-refractivity contribution in [3.05, 3.63) is 41.6 Å². The number of nitrogens with one attached hydrogen (secondary N) is 3. The Balaban J connectivity index is 1.23. The molecule has 5 rings (SSSR count). The van der Waals surface area contributed by atoms with E-state index < -0.39 is 0 Å². The van der Waals surface area contributed by atoms with Crippen LogP contribution in [0.3, 0.4) is 0 Å². The summed E-state index contributed by atoms with van der Waals surface area (Å²) in [5.41, 5.74) is 3.36. The van der Waals surface area contributed by atoms with Crippen LogP contribution in [0.1, 0.15) is 49.1 Å². The zero-order valence-electron chi connectivity index (χ0n) is 18.5. The molecule has 3 N–H and O–H groups in total. The lowest BCUT2D eigenvalue weighted by Crippen LogP contribution is -2.37. The zero-order valence-corrected chi connectivity index (χ0v) is 18.5. The Morgan fingerprint density at radius 2 is 2.00 bits per heavy atom. The molecule has 8 nitrogen and oxygen atoms in total. The van der Waals surface area contributed by atoms with Gasteiger partial charge in [-0.25, -0.2) is 4.98 Å². The van der Waals surface area contributed by atoms with Crippen molar-refractivity contribution in [2.45, 2.75) is 44.6 Å². The second-order valence-electron chi connectivity index (χ2n) is 9.01. The van der Waals surface area contributed by atoms with E-state index in [9.17, 15) is 4.79 Å². The molecule has 170 valence electrons. The summed E-state index contributed by atoms with van der Waals surface area (Å²) in [7, 11) is 0. The van der Waals surface area contributed by atoms with Gasteiger partial charge in [-0.2, -0.15) is 4.98 Å². The molecule has 0 radical (unpaired) electrons. The van der Waals surface area contributed by atoms with Gasteiger partial charge in [-0.15, -0.1) is 0 Å². The van der Waals surface area contributed by atoms with Crippen LogP contribution in [0.25, 0.3) is 0 Å². The first-order chi connectivity index (χ1) is 15.7. The SMILES string of the molecule is O=C(NCNc1nc(Nc2cccc(CN3CCOCC3)c2)ncc1C1CC1)C1CCC1. The number of anilines is 3. The van der Waals surface area contributed by atoms with Gasteiger partial charge >= 0.3 is 0 Å². The van der Waals surface area contributed by atoms with E-state index in [4.69, 9.17) is 9.72 Å². The number of nitrogens with zero attached hydrogens (tertiary/aromatic N) is 3. The first kappa shape index (κ1) is 21.2. The topological polar surface area (TPSA) is 91.4 Å². The molecule has 0 unspecified atom stereocenters. The van der Waals surface area contributed by atoms with E-state index in [0.717, 1.165) is 69.2 Å². The van der Waals surface area contributed by atoms with Gasteiger partial charge in [-0.1, -0.05) is 18.6 Å². The first-order valence-electron chi connectivity index (χ1n) is 11.8. The minimum absolute atomic E-state index is 0.140. The number of morpholine rings is 1. The van der Waals surface area contributed by atoms with Gasteiger partial charge in [0.15, 0.2) is 0 Å². The lowest BCUT2D eigenvalue weighted by atomic mass is 9.85. The van der Waals surface area contributed by atoms with Gasteiger partial charge < -0.3 is 20.7 Å². The molecule has 3 aliphatic rings. The Morgan fingerprint density at radius 1 is 1.16 bits per heavy atom. The van der Waals surface area contributed by atoms with E-state index in [1.54, 1.807) is 0 Å². The quantitative estimate of drug-likeness (QED) is 0.520. The lowest BCUT2D eigenvalue weighted by Gasteiger charge is -2.26. The maximum atomic E-state index is 12.1. The number of rotatable bonds is 9. The van der Waals surface area contributed by atoms with Crippen LogP contribution in [0.4, 0.5) is 17.5 Å². The highest BCUT2D eigenvalue weighted by Crippen LogP contribution is 2.42. The number of aromatic nitrogens is 2. The van der Waals surface area contributed by atoms with Crippen LogP contribution >= 0.6 is 0 Å².